The number of aromatic nitrogens is 1. The van der Waals surface area contributed by atoms with Gasteiger partial charge in [-0.05, 0) is 85.7 Å². The first-order chi connectivity index (χ1) is 19.6. The monoisotopic (exact) mass is 585 g/mol. The molecule has 1 fully saturated rings. The fourth-order valence-corrected chi connectivity index (χ4v) is 5.87. The molecule has 0 bridgehead atoms. The van der Waals surface area contributed by atoms with Crippen LogP contribution in [0.1, 0.15) is 58.8 Å². The van der Waals surface area contributed by atoms with Gasteiger partial charge in [-0.25, -0.2) is 4.79 Å². The number of nitrogens with zero attached hydrogens (tertiary/aromatic N) is 3. The lowest BCUT2D eigenvalue weighted by Gasteiger charge is -2.38. The molecule has 1 aromatic heterocycles. The Bertz CT molecular complexity index is 1410. The van der Waals surface area contributed by atoms with Gasteiger partial charge < -0.3 is 20.4 Å². The Kier molecular flexibility index (Phi) is 8.40. The second kappa shape index (κ2) is 12.0. The van der Waals surface area contributed by atoms with Gasteiger partial charge in [0.05, 0.1) is 17.3 Å². The van der Waals surface area contributed by atoms with E-state index in [0.717, 1.165) is 67.7 Å². The van der Waals surface area contributed by atoms with Crippen molar-refractivity contribution in [3.63, 3.8) is 0 Å². The molecular formula is C30H31ClF3N5O2. The van der Waals surface area contributed by atoms with Gasteiger partial charge in [0.2, 0.25) is 0 Å². The van der Waals surface area contributed by atoms with Gasteiger partial charge in [0.15, 0.2) is 0 Å². The van der Waals surface area contributed by atoms with E-state index in [1.807, 2.05) is 37.4 Å². The first kappa shape index (κ1) is 28.7. The molecule has 0 radical (unpaired) electrons. The van der Waals surface area contributed by atoms with E-state index in [9.17, 15) is 22.8 Å². The zero-order valence-electron chi connectivity index (χ0n) is 22.5. The van der Waals surface area contributed by atoms with Gasteiger partial charge in [-0.1, -0.05) is 17.7 Å². The van der Waals surface area contributed by atoms with Crippen molar-refractivity contribution in [3.05, 3.63) is 88.2 Å². The normalized spacial score (nSPS) is 17.5. The van der Waals surface area contributed by atoms with Crippen LogP contribution in [0, 0.1) is 0 Å². The van der Waals surface area contributed by atoms with E-state index in [4.69, 9.17) is 11.6 Å². The molecule has 41 heavy (non-hydrogen) atoms. The Morgan fingerprint density at radius 3 is 2.46 bits per heavy atom. The topological polar surface area (TPSA) is 77.6 Å². The van der Waals surface area contributed by atoms with Crippen LogP contribution in [0.25, 0.3) is 0 Å². The summed E-state index contributed by atoms with van der Waals surface area (Å²) in [4.78, 5) is 34.5. The Morgan fingerprint density at radius 1 is 1.02 bits per heavy atom. The summed E-state index contributed by atoms with van der Waals surface area (Å²) in [5.41, 5.74) is 2.06. The molecule has 2 heterocycles. The smallest absolute Gasteiger partial charge is 0.371 e. The lowest BCUT2D eigenvalue weighted by Crippen LogP contribution is -2.45. The summed E-state index contributed by atoms with van der Waals surface area (Å²) >= 11 is 5.75. The second-order valence-corrected chi connectivity index (χ2v) is 10.9. The van der Waals surface area contributed by atoms with Crippen LogP contribution >= 0.6 is 11.6 Å². The molecule has 5 rings (SSSR count). The first-order valence-electron chi connectivity index (χ1n) is 13.6. The number of urea groups is 1. The summed E-state index contributed by atoms with van der Waals surface area (Å²) in [5, 5.41) is 5.06. The highest BCUT2D eigenvalue weighted by atomic mass is 35.5. The van der Waals surface area contributed by atoms with Crippen molar-refractivity contribution < 1.29 is 22.8 Å². The van der Waals surface area contributed by atoms with Gasteiger partial charge in [0.25, 0.3) is 5.91 Å². The van der Waals surface area contributed by atoms with Crippen LogP contribution in [0.4, 0.5) is 29.3 Å². The van der Waals surface area contributed by atoms with Crippen molar-refractivity contribution in [2.24, 2.45) is 0 Å². The number of amides is 3. The summed E-state index contributed by atoms with van der Waals surface area (Å²) in [6.07, 6.45) is 2.75. The van der Waals surface area contributed by atoms with E-state index < -0.39 is 23.8 Å². The van der Waals surface area contributed by atoms with Crippen molar-refractivity contribution in [2.45, 2.75) is 50.4 Å². The molecule has 3 aromatic rings. The summed E-state index contributed by atoms with van der Waals surface area (Å²) < 4.78 is 40.4. The molecule has 2 aromatic carbocycles. The number of anilines is 2. The van der Waals surface area contributed by atoms with Gasteiger partial charge in [-0.3, -0.25) is 9.78 Å². The number of carbonyl (C=O) groups is 2. The molecule has 1 saturated heterocycles. The summed E-state index contributed by atoms with van der Waals surface area (Å²) in [5.74, 6) is -0.0973. The molecule has 1 aliphatic heterocycles. The fraction of sp³-hybridized carbons (Fsp3) is 0.367. The molecular weight excluding hydrogens is 555 g/mol. The van der Waals surface area contributed by atoms with Crippen LogP contribution in [-0.4, -0.2) is 48.0 Å². The van der Waals surface area contributed by atoms with E-state index in [0.29, 0.717) is 12.0 Å². The van der Waals surface area contributed by atoms with E-state index in [-0.39, 0.29) is 22.7 Å². The van der Waals surface area contributed by atoms with E-state index in [1.54, 1.807) is 17.3 Å². The molecule has 0 saturated carbocycles. The van der Waals surface area contributed by atoms with E-state index >= 15 is 0 Å². The second-order valence-electron chi connectivity index (χ2n) is 10.5. The molecule has 1 atom stereocenters. The molecule has 11 heteroatoms. The third-order valence-corrected chi connectivity index (χ3v) is 8.14. The molecule has 0 spiro atoms. The van der Waals surface area contributed by atoms with E-state index in [2.05, 4.69) is 20.5 Å². The van der Waals surface area contributed by atoms with Crippen molar-refractivity contribution in [3.8, 4) is 0 Å². The molecule has 1 unspecified atom stereocenters. The SMILES string of the molecule is CN(C(=O)c1ccc2c(c1)C(NC(=O)Nc1ccc(Cl)cc1C(F)(F)F)CCC2)C1CCN(c2ccncc2)CC1. The van der Waals surface area contributed by atoms with Crippen LogP contribution in [0.3, 0.4) is 0 Å². The maximum Gasteiger partial charge on any atom is 0.418 e. The van der Waals surface area contributed by atoms with E-state index in [1.165, 1.54) is 6.07 Å². The summed E-state index contributed by atoms with van der Waals surface area (Å²) in [6.45, 7) is 1.67. The fourth-order valence-electron chi connectivity index (χ4n) is 5.69. The highest BCUT2D eigenvalue weighted by molar-refractivity contribution is 6.30. The number of piperidine rings is 1. The minimum absolute atomic E-state index is 0.0778. The lowest BCUT2D eigenvalue weighted by atomic mass is 9.86. The maximum absolute atomic E-state index is 13.5. The molecule has 1 aliphatic carbocycles. The largest absolute Gasteiger partial charge is 0.418 e. The van der Waals surface area contributed by atoms with Crippen molar-refractivity contribution in [1.82, 2.24) is 15.2 Å². The minimum Gasteiger partial charge on any atom is -0.371 e. The third-order valence-electron chi connectivity index (χ3n) is 7.91. The molecule has 3 amide bonds. The predicted octanol–water partition coefficient (Wildman–Crippen LogP) is 6.69. The van der Waals surface area contributed by atoms with Crippen LogP contribution in [0.15, 0.2) is 60.9 Å². The van der Waals surface area contributed by atoms with Gasteiger partial charge in [-0.2, -0.15) is 13.2 Å². The van der Waals surface area contributed by atoms with Crippen LogP contribution in [-0.2, 0) is 12.6 Å². The number of fused-ring (bicyclic) bond motifs is 1. The highest BCUT2D eigenvalue weighted by Crippen LogP contribution is 2.37. The zero-order valence-corrected chi connectivity index (χ0v) is 23.3. The van der Waals surface area contributed by atoms with Gasteiger partial charge in [0, 0.05) is 54.8 Å². The Morgan fingerprint density at radius 2 is 1.76 bits per heavy atom. The number of nitrogens with one attached hydrogen (secondary N) is 2. The average Bonchev–Trinajstić information content (AvgIpc) is 2.97. The predicted molar refractivity (Wildman–Crippen MR) is 152 cm³/mol. The zero-order chi connectivity index (χ0) is 29.1. The standard InChI is InChI=1S/C30H31ClF3N5O2/c1-38(22-11-15-39(16-12-22)23-9-13-35-14-10-23)28(40)20-6-5-19-3-2-4-26(24(19)17-20)36-29(41)37-27-8-7-21(31)18-25(27)30(32,33)34/h5-10,13-14,17-18,22,26H,2-4,11-12,15-16H2,1H3,(H2,36,37,41). The number of aryl methyl sites for hydroxylation is 1. The molecule has 2 aliphatic rings. The summed E-state index contributed by atoms with van der Waals surface area (Å²) in [7, 11) is 1.82. The Hall–Kier alpha value is -3.79. The number of hydrogen-bond donors (Lipinski definition) is 2. The van der Waals surface area contributed by atoms with Crippen LogP contribution in [0.5, 0.6) is 0 Å². The molecule has 7 nitrogen and oxygen atoms in total. The van der Waals surface area contributed by atoms with Crippen molar-refractivity contribution >= 4 is 34.9 Å². The molecule has 2 N–H and O–H groups in total. The minimum atomic E-state index is -4.68. The average molecular weight is 586 g/mol. The number of carbonyl (C=O) groups excluding carboxylic acids is 2. The number of hydrogen-bond acceptors (Lipinski definition) is 4. The van der Waals surface area contributed by atoms with Crippen LogP contribution in [0.2, 0.25) is 5.02 Å². The van der Waals surface area contributed by atoms with Gasteiger partial charge in [0.1, 0.15) is 0 Å². The first-order valence-corrected chi connectivity index (χ1v) is 14.0. The van der Waals surface area contributed by atoms with Crippen LogP contribution < -0.4 is 15.5 Å². The summed E-state index contributed by atoms with van der Waals surface area (Å²) in [6, 6.07) is 11.6. The third kappa shape index (κ3) is 6.59. The Balaban J connectivity index is 1.26. The number of alkyl halides is 3. The van der Waals surface area contributed by atoms with Crippen molar-refractivity contribution in [1.29, 1.82) is 0 Å². The van der Waals surface area contributed by atoms with Crippen molar-refractivity contribution in [2.75, 3.05) is 30.4 Å². The molecule has 216 valence electrons. The quantitative estimate of drug-likeness (QED) is 0.350. The van der Waals surface area contributed by atoms with Gasteiger partial charge in [-0.15, -0.1) is 0 Å². The highest BCUT2D eigenvalue weighted by Gasteiger charge is 2.35. The van der Waals surface area contributed by atoms with Gasteiger partial charge >= 0.3 is 12.2 Å². The number of pyridine rings is 1. The number of rotatable bonds is 5. The lowest BCUT2D eigenvalue weighted by molar-refractivity contribution is -0.136. The number of halogens is 4. The number of benzene rings is 2. The Labute approximate surface area is 241 Å². The maximum atomic E-state index is 13.5.